The topological polar surface area (TPSA) is 79.0 Å². The zero-order chi connectivity index (χ0) is 20.3. The van der Waals surface area contributed by atoms with Crippen molar-refractivity contribution in [2.45, 2.75) is 24.2 Å². The number of nitrogens with one attached hydrogen (secondary N) is 1. The van der Waals surface area contributed by atoms with E-state index >= 15 is 0 Å². The fraction of sp³-hybridized carbons (Fsp3) is 0.476. The fourth-order valence-electron chi connectivity index (χ4n) is 4.05. The fourth-order valence-corrected chi connectivity index (χ4v) is 5.64. The van der Waals surface area contributed by atoms with Crippen molar-refractivity contribution in [1.29, 1.82) is 0 Å². The number of hydrogen-bond donors (Lipinski definition) is 1. The first-order chi connectivity index (χ1) is 14.0. The molecule has 29 heavy (non-hydrogen) atoms. The summed E-state index contributed by atoms with van der Waals surface area (Å²) in [6.45, 7) is 3.46. The maximum absolute atomic E-state index is 13.2. The Morgan fingerprint density at radius 2 is 1.83 bits per heavy atom. The number of piperidine rings is 1. The lowest BCUT2D eigenvalue weighted by Gasteiger charge is -2.32. The summed E-state index contributed by atoms with van der Waals surface area (Å²) in [5.41, 5.74) is 2.92. The van der Waals surface area contributed by atoms with Gasteiger partial charge in [0.05, 0.1) is 18.1 Å². The molecular weight excluding hydrogens is 390 g/mol. The largest absolute Gasteiger partial charge is 0.379 e. The average Bonchev–Trinajstić information content (AvgIpc) is 2.74. The van der Waals surface area contributed by atoms with Crippen molar-refractivity contribution in [3.8, 4) is 0 Å². The summed E-state index contributed by atoms with van der Waals surface area (Å²) < 4.78 is 33.2. The van der Waals surface area contributed by atoms with E-state index in [4.69, 9.17) is 4.74 Å². The molecule has 2 aliphatic heterocycles. The standard InChI is InChI=1S/C21H27N3O4S/c25-21(22-23-10-12-28-13-11-23)14-17-4-3-9-24(16-17)29(26,27)20-8-7-18-5-1-2-6-19(18)15-20/h1-2,5-8,15,17H,3-4,9-14,16H2,(H,22,25). The molecule has 4 rings (SSSR count). The Labute approximate surface area is 171 Å². The van der Waals surface area contributed by atoms with Crippen LogP contribution in [0.3, 0.4) is 0 Å². The van der Waals surface area contributed by atoms with Gasteiger partial charge in [-0.15, -0.1) is 0 Å². The summed E-state index contributed by atoms with van der Waals surface area (Å²) >= 11 is 0. The van der Waals surface area contributed by atoms with Crippen LogP contribution in [-0.4, -0.2) is 63.0 Å². The van der Waals surface area contributed by atoms with Crippen LogP contribution in [0.5, 0.6) is 0 Å². The molecule has 1 N–H and O–H groups in total. The van der Waals surface area contributed by atoms with E-state index in [1.807, 2.05) is 35.3 Å². The average molecular weight is 418 g/mol. The Morgan fingerprint density at radius 1 is 1.07 bits per heavy atom. The first-order valence-corrected chi connectivity index (χ1v) is 11.6. The number of fused-ring (bicyclic) bond motifs is 1. The number of carbonyl (C=O) groups excluding carboxylic acids is 1. The van der Waals surface area contributed by atoms with Gasteiger partial charge in [0.25, 0.3) is 0 Å². The molecule has 0 radical (unpaired) electrons. The number of amides is 1. The number of carbonyl (C=O) groups is 1. The number of nitrogens with zero attached hydrogens (tertiary/aromatic N) is 2. The number of ether oxygens (including phenoxy) is 1. The third-order valence-electron chi connectivity index (χ3n) is 5.61. The first kappa shape index (κ1) is 20.3. The van der Waals surface area contributed by atoms with Gasteiger partial charge in [0.15, 0.2) is 0 Å². The molecule has 1 unspecified atom stereocenters. The van der Waals surface area contributed by atoms with E-state index in [2.05, 4.69) is 5.43 Å². The van der Waals surface area contributed by atoms with Crippen molar-refractivity contribution in [3.63, 3.8) is 0 Å². The van der Waals surface area contributed by atoms with Gasteiger partial charge in [-0.2, -0.15) is 4.31 Å². The molecular formula is C21H27N3O4S. The first-order valence-electron chi connectivity index (χ1n) is 10.1. The van der Waals surface area contributed by atoms with Crippen molar-refractivity contribution in [2.75, 3.05) is 39.4 Å². The van der Waals surface area contributed by atoms with Crippen molar-refractivity contribution in [3.05, 3.63) is 42.5 Å². The van der Waals surface area contributed by atoms with Crippen LogP contribution in [0.25, 0.3) is 10.8 Å². The van der Waals surface area contributed by atoms with Crippen molar-refractivity contribution >= 4 is 26.7 Å². The van der Waals surface area contributed by atoms with Gasteiger partial charge in [-0.25, -0.2) is 13.4 Å². The van der Waals surface area contributed by atoms with E-state index in [0.717, 1.165) is 23.6 Å². The van der Waals surface area contributed by atoms with E-state index in [0.29, 0.717) is 50.7 Å². The van der Waals surface area contributed by atoms with Crippen LogP contribution in [0.15, 0.2) is 47.4 Å². The van der Waals surface area contributed by atoms with Crippen LogP contribution in [0.2, 0.25) is 0 Å². The molecule has 0 aromatic heterocycles. The smallest absolute Gasteiger partial charge is 0.243 e. The third-order valence-corrected chi connectivity index (χ3v) is 7.47. The minimum Gasteiger partial charge on any atom is -0.379 e. The Kier molecular flexibility index (Phi) is 6.15. The second-order valence-corrected chi connectivity index (χ2v) is 9.66. The molecule has 7 nitrogen and oxygen atoms in total. The highest BCUT2D eigenvalue weighted by molar-refractivity contribution is 7.89. The maximum atomic E-state index is 13.2. The highest BCUT2D eigenvalue weighted by Crippen LogP contribution is 2.27. The zero-order valence-electron chi connectivity index (χ0n) is 16.4. The van der Waals surface area contributed by atoms with Gasteiger partial charge < -0.3 is 4.74 Å². The maximum Gasteiger partial charge on any atom is 0.243 e. The number of rotatable bonds is 5. The molecule has 2 aromatic carbocycles. The summed E-state index contributed by atoms with van der Waals surface area (Å²) in [7, 11) is -3.57. The molecule has 2 fully saturated rings. The molecule has 1 atom stereocenters. The van der Waals surface area contributed by atoms with Gasteiger partial charge in [-0.05, 0) is 41.7 Å². The molecule has 8 heteroatoms. The SMILES string of the molecule is O=C(CC1CCCN(S(=O)(=O)c2ccc3ccccc3c2)C1)NN1CCOCC1. The van der Waals surface area contributed by atoms with Crippen molar-refractivity contribution in [2.24, 2.45) is 5.92 Å². The lowest BCUT2D eigenvalue weighted by atomic mass is 9.96. The molecule has 0 aliphatic carbocycles. The van der Waals surface area contributed by atoms with Gasteiger partial charge >= 0.3 is 0 Å². The van der Waals surface area contributed by atoms with E-state index < -0.39 is 10.0 Å². The van der Waals surface area contributed by atoms with Crippen LogP contribution in [0.4, 0.5) is 0 Å². The van der Waals surface area contributed by atoms with E-state index in [1.165, 1.54) is 4.31 Å². The van der Waals surface area contributed by atoms with E-state index in [1.54, 1.807) is 12.1 Å². The van der Waals surface area contributed by atoms with Crippen molar-refractivity contribution in [1.82, 2.24) is 14.7 Å². The van der Waals surface area contributed by atoms with Crippen LogP contribution in [0.1, 0.15) is 19.3 Å². The molecule has 1 amide bonds. The van der Waals surface area contributed by atoms with Crippen LogP contribution >= 0.6 is 0 Å². The second-order valence-electron chi connectivity index (χ2n) is 7.72. The van der Waals surface area contributed by atoms with Crippen LogP contribution in [-0.2, 0) is 19.6 Å². The zero-order valence-corrected chi connectivity index (χ0v) is 17.2. The van der Waals surface area contributed by atoms with Gasteiger partial charge in [0, 0.05) is 32.6 Å². The van der Waals surface area contributed by atoms with Gasteiger partial charge in [-0.1, -0.05) is 30.3 Å². The van der Waals surface area contributed by atoms with Crippen LogP contribution in [0, 0.1) is 5.92 Å². The summed E-state index contributed by atoms with van der Waals surface area (Å²) in [4.78, 5) is 12.7. The molecule has 2 aliphatic rings. The summed E-state index contributed by atoms with van der Waals surface area (Å²) in [5, 5.41) is 3.80. The molecule has 0 bridgehead atoms. The van der Waals surface area contributed by atoms with Crippen LogP contribution < -0.4 is 5.43 Å². The predicted molar refractivity (Wildman–Crippen MR) is 111 cm³/mol. The monoisotopic (exact) mass is 417 g/mol. The third kappa shape index (κ3) is 4.78. The minimum atomic E-state index is -3.57. The normalized spacial score (nSPS) is 21.9. The highest BCUT2D eigenvalue weighted by atomic mass is 32.2. The minimum absolute atomic E-state index is 0.0278. The van der Waals surface area contributed by atoms with Gasteiger partial charge in [0.1, 0.15) is 0 Å². The van der Waals surface area contributed by atoms with E-state index in [9.17, 15) is 13.2 Å². The lowest BCUT2D eigenvalue weighted by molar-refractivity contribution is -0.129. The predicted octanol–water partition coefficient (Wildman–Crippen LogP) is 1.99. The molecule has 0 spiro atoms. The Bertz CT molecular complexity index is 973. The van der Waals surface area contributed by atoms with E-state index in [-0.39, 0.29) is 11.8 Å². The second kappa shape index (κ2) is 8.79. The number of hydrogen-bond acceptors (Lipinski definition) is 5. The summed E-state index contributed by atoms with van der Waals surface area (Å²) in [6, 6.07) is 13.0. The van der Waals surface area contributed by atoms with Gasteiger partial charge in [0.2, 0.25) is 15.9 Å². The Morgan fingerprint density at radius 3 is 2.62 bits per heavy atom. The van der Waals surface area contributed by atoms with Crippen molar-refractivity contribution < 1.29 is 17.9 Å². The number of hydrazine groups is 1. The highest BCUT2D eigenvalue weighted by Gasteiger charge is 2.31. The molecule has 2 heterocycles. The number of sulfonamides is 1. The number of benzene rings is 2. The molecule has 0 saturated carbocycles. The summed E-state index contributed by atoms with van der Waals surface area (Å²) in [6.07, 6.45) is 1.96. The molecule has 2 saturated heterocycles. The summed E-state index contributed by atoms with van der Waals surface area (Å²) in [5.74, 6) is -0.0260. The van der Waals surface area contributed by atoms with Gasteiger partial charge in [-0.3, -0.25) is 10.2 Å². The molecule has 2 aromatic rings. The number of morpholine rings is 1. The molecule has 156 valence electrons. The lowest BCUT2D eigenvalue weighted by Crippen LogP contribution is -2.49. The quantitative estimate of drug-likeness (QED) is 0.805. The Hall–Kier alpha value is -2.00. The Balaban J connectivity index is 1.41.